The van der Waals surface area contributed by atoms with E-state index in [9.17, 15) is 9.59 Å². The highest BCUT2D eigenvalue weighted by Gasteiger charge is 2.38. The molecule has 2 aromatic heterocycles. The number of carbonyl (C=O) groups excluding carboxylic acids is 2. The number of hydrogen-bond donors (Lipinski definition) is 0. The van der Waals surface area contributed by atoms with Crippen molar-refractivity contribution in [2.45, 2.75) is 57.1 Å². The van der Waals surface area contributed by atoms with E-state index < -0.39 is 5.97 Å². The van der Waals surface area contributed by atoms with Crippen LogP contribution in [0.3, 0.4) is 0 Å². The van der Waals surface area contributed by atoms with Gasteiger partial charge in [0.25, 0.3) is 0 Å². The average Bonchev–Trinajstić information content (AvgIpc) is 3.38. The minimum absolute atomic E-state index is 0.0640. The second-order valence-corrected chi connectivity index (χ2v) is 9.85. The lowest BCUT2D eigenvalue weighted by atomic mass is 9.95. The van der Waals surface area contributed by atoms with Crippen LogP contribution in [0.5, 0.6) is 0 Å². The van der Waals surface area contributed by atoms with Crippen LogP contribution in [0, 0.1) is 0 Å². The molecule has 0 N–H and O–H groups in total. The number of thioether (sulfide) groups is 1. The Labute approximate surface area is 204 Å². The lowest BCUT2D eigenvalue weighted by molar-refractivity contribution is 0.0512. The summed E-state index contributed by atoms with van der Waals surface area (Å²) in [6, 6.07) is 5.46. The van der Waals surface area contributed by atoms with Gasteiger partial charge in [-0.1, -0.05) is 46.7 Å². The molecule has 0 amide bonds. The molecular weight excluding hydrogens is 508 g/mol. The van der Waals surface area contributed by atoms with E-state index in [1.807, 2.05) is 23.1 Å². The Bertz CT molecular complexity index is 1200. The molecule has 4 rings (SSSR count). The van der Waals surface area contributed by atoms with E-state index in [2.05, 4.69) is 45.0 Å². The predicted molar refractivity (Wildman–Crippen MR) is 127 cm³/mol. The fraction of sp³-hybridized carbons (Fsp3) is 0.435. The van der Waals surface area contributed by atoms with Crippen molar-refractivity contribution in [2.75, 3.05) is 12.9 Å². The van der Waals surface area contributed by atoms with Crippen LogP contribution in [0.1, 0.15) is 89.0 Å². The second kappa shape index (κ2) is 9.80. The van der Waals surface area contributed by atoms with Gasteiger partial charge in [-0.3, -0.25) is 4.79 Å². The number of nitrogens with zero attached hydrogens (tertiary/aromatic N) is 4. The molecule has 1 aliphatic rings. The van der Waals surface area contributed by atoms with Crippen LogP contribution in [0.25, 0.3) is 0 Å². The van der Waals surface area contributed by atoms with E-state index in [0.717, 1.165) is 28.7 Å². The molecule has 1 fully saturated rings. The van der Waals surface area contributed by atoms with Crippen molar-refractivity contribution in [2.24, 2.45) is 0 Å². The summed E-state index contributed by atoms with van der Waals surface area (Å²) in [5.41, 5.74) is 1.36. The molecule has 2 heterocycles. The third kappa shape index (κ3) is 4.91. The van der Waals surface area contributed by atoms with Crippen LogP contribution in [0.15, 0.2) is 32.4 Å². The normalized spacial score (nSPS) is 13.5. The van der Waals surface area contributed by atoms with Gasteiger partial charge >= 0.3 is 5.97 Å². The molecule has 0 atom stereocenters. The summed E-state index contributed by atoms with van der Waals surface area (Å²) in [5, 5.41) is 9.20. The maximum absolute atomic E-state index is 13.8. The highest BCUT2D eigenvalue weighted by Crippen LogP contribution is 2.43. The molecule has 33 heavy (non-hydrogen) atoms. The summed E-state index contributed by atoms with van der Waals surface area (Å²) in [7, 11) is 0. The van der Waals surface area contributed by atoms with Gasteiger partial charge in [0.1, 0.15) is 11.4 Å². The molecule has 0 unspecified atom stereocenters. The molecule has 1 saturated carbocycles. The number of ether oxygens (including phenoxy) is 1. The van der Waals surface area contributed by atoms with Crippen LogP contribution in [0.2, 0.25) is 0 Å². The minimum Gasteiger partial charge on any atom is -0.461 e. The topological polar surface area (TPSA) is 100 Å². The van der Waals surface area contributed by atoms with Crippen LogP contribution in [-0.4, -0.2) is 44.5 Å². The van der Waals surface area contributed by atoms with E-state index in [-0.39, 0.29) is 35.5 Å². The van der Waals surface area contributed by atoms with Crippen molar-refractivity contribution < 1.29 is 18.8 Å². The Morgan fingerprint density at radius 2 is 2.09 bits per heavy atom. The average molecular weight is 533 g/mol. The molecule has 1 aliphatic carbocycles. The molecule has 0 spiro atoms. The Morgan fingerprint density at radius 1 is 1.33 bits per heavy atom. The first-order valence-electron chi connectivity index (χ1n) is 10.8. The van der Waals surface area contributed by atoms with Gasteiger partial charge in [0.05, 0.1) is 13.2 Å². The Kier molecular flexibility index (Phi) is 7.04. The van der Waals surface area contributed by atoms with Crippen LogP contribution in [0.4, 0.5) is 0 Å². The van der Waals surface area contributed by atoms with Crippen LogP contribution >= 0.6 is 27.7 Å². The monoisotopic (exact) mass is 532 g/mol. The molecule has 174 valence electrons. The molecular formula is C23H25BrN4O4S. The number of aromatic nitrogens is 4. The summed E-state index contributed by atoms with van der Waals surface area (Å²) in [4.78, 5) is 30.9. The van der Waals surface area contributed by atoms with E-state index >= 15 is 0 Å². The van der Waals surface area contributed by atoms with E-state index in [0.29, 0.717) is 23.0 Å². The lowest BCUT2D eigenvalue weighted by Gasteiger charge is -2.13. The summed E-state index contributed by atoms with van der Waals surface area (Å²) < 4.78 is 13.3. The first kappa shape index (κ1) is 23.7. The van der Waals surface area contributed by atoms with E-state index in [4.69, 9.17) is 9.26 Å². The summed E-state index contributed by atoms with van der Waals surface area (Å²) >= 11 is 4.99. The number of hydrogen-bond acceptors (Lipinski definition) is 8. The van der Waals surface area contributed by atoms with Gasteiger partial charge in [-0.05, 0) is 49.8 Å². The van der Waals surface area contributed by atoms with Crippen molar-refractivity contribution in [3.8, 4) is 0 Å². The quantitative estimate of drug-likeness (QED) is 0.210. The predicted octanol–water partition coefficient (Wildman–Crippen LogP) is 5.21. The van der Waals surface area contributed by atoms with E-state index in [1.54, 1.807) is 13.0 Å². The molecule has 3 aromatic rings. The molecule has 10 heteroatoms. The number of benzene rings is 1. The van der Waals surface area contributed by atoms with Gasteiger partial charge in [0.15, 0.2) is 11.5 Å². The zero-order chi connectivity index (χ0) is 23.7. The fourth-order valence-electron chi connectivity index (χ4n) is 3.66. The third-order valence-electron chi connectivity index (χ3n) is 5.37. The fourth-order valence-corrected chi connectivity index (χ4v) is 4.43. The molecule has 0 bridgehead atoms. The van der Waals surface area contributed by atoms with Gasteiger partial charge in [0, 0.05) is 21.9 Å². The summed E-state index contributed by atoms with van der Waals surface area (Å²) in [5.74, 6) is 0.613. The zero-order valence-corrected chi connectivity index (χ0v) is 21.3. The maximum Gasteiger partial charge on any atom is 0.361 e. The molecule has 8 nitrogen and oxygen atoms in total. The van der Waals surface area contributed by atoms with Crippen molar-refractivity contribution in [3.05, 3.63) is 56.6 Å². The highest BCUT2D eigenvalue weighted by atomic mass is 79.9. The molecule has 0 saturated heterocycles. The molecule has 0 radical (unpaired) electrons. The largest absolute Gasteiger partial charge is 0.461 e. The number of esters is 1. The maximum atomic E-state index is 13.8. The van der Waals surface area contributed by atoms with Crippen molar-refractivity contribution in [1.29, 1.82) is 0 Å². The van der Waals surface area contributed by atoms with Crippen molar-refractivity contribution in [1.82, 2.24) is 19.9 Å². The van der Waals surface area contributed by atoms with Crippen LogP contribution < -0.4 is 0 Å². The molecule has 1 aromatic carbocycles. The third-order valence-corrected chi connectivity index (χ3v) is 6.41. The molecule has 0 aliphatic heterocycles. The van der Waals surface area contributed by atoms with Gasteiger partial charge in [-0.15, -0.1) is 5.10 Å². The highest BCUT2D eigenvalue weighted by molar-refractivity contribution is 9.10. The Hall–Kier alpha value is -2.46. The summed E-state index contributed by atoms with van der Waals surface area (Å²) in [6.07, 6.45) is 3.73. The smallest absolute Gasteiger partial charge is 0.361 e. The van der Waals surface area contributed by atoms with Gasteiger partial charge < -0.3 is 9.26 Å². The number of ketones is 1. The Morgan fingerprint density at radius 3 is 2.73 bits per heavy atom. The van der Waals surface area contributed by atoms with Crippen molar-refractivity contribution in [3.63, 3.8) is 0 Å². The standard InChI is InChI=1S/C23H25BrN4O4S/c1-5-31-22(30)18-17(20(32-27-18)13-6-7-13)19(29)16-9-8-15(24)10-14(16)11-28-21(12(2)3)25-23(26-28)33-4/h8-10,12-13H,5-7,11H2,1-4H3. The zero-order valence-electron chi connectivity index (χ0n) is 18.9. The number of carbonyl (C=O) groups is 2. The van der Waals surface area contributed by atoms with Gasteiger partial charge in [-0.2, -0.15) is 0 Å². The number of rotatable bonds is 9. The minimum atomic E-state index is -0.654. The summed E-state index contributed by atoms with van der Waals surface area (Å²) in [6.45, 7) is 6.37. The van der Waals surface area contributed by atoms with E-state index in [1.165, 1.54) is 11.8 Å². The first-order chi connectivity index (χ1) is 15.8. The van der Waals surface area contributed by atoms with Crippen LogP contribution in [-0.2, 0) is 11.3 Å². The number of halogens is 1. The van der Waals surface area contributed by atoms with Gasteiger partial charge in [0.2, 0.25) is 10.9 Å². The van der Waals surface area contributed by atoms with Crippen molar-refractivity contribution >= 4 is 39.4 Å². The van der Waals surface area contributed by atoms with Gasteiger partial charge in [-0.25, -0.2) is 14.5 Å². The second-order valence-electron chi connectivity index (χ2n) is 8.16. The Balaban J connectivity index is 1.78. The lowest BCUT2D eigenvalue weighted by Crippen LogP contribution is -2.16. The first-order valence-corrected chi connectivity index (χ1v) is 12.8. The SMILES string of the molecule is CCOC(=O)c1noc(C2CC2)c1C(=O)c1ccc(Br)cc1Cn1nc(SC)nc1C(C)C.